The number of nitro benzene ring substituents is 1. The average Bonchev–Trinajstić information content (AvgIpc) is 2.35. The second kappa shape index (κ2) is 6.38. The molecule has 0 radical (unpaired) electrons. The van der Waals surface area contributed by atoms with E-state index in [4.69, 9.17) is 11.6 Å². The lowest BCUT2D eigenvalue weighted by Crippen LogP contribution is -2.26. The maximum Gasteiger partial charge on any atom is 0.338 e. The van der Waals surface area contributed by atoms with E-state index in [9.17, 15) is 20.0 Å². The summed E-state index contributed by atoms with van der Waals surface area (Å²) in [6.07, 6.45) is 0.820. The molecule has 0 aliphatic heterocycles. The number of hydrogen-bond acceptors (Lipinski definition) is 4. The van der Waals surface area contributed by atoms with Crippen molar-refractivity contribution in [3.63, 3.8) is 0 Å². The second-order valence-corrected chi connectivity index (χ2v) is 4.37. The monoisotopic (exact) mass is 286 g/mol. The lowest BCUT2D eigenvalue weighted by Gasteiger charge is -2.25. The first kappa shape index (κ1) is 15.2. The Morgan fingerprint density at radius 2 is 2.11 bits per heavy atom. The summed E-state index contributed by atoms with van der Waals surface area (Å²) in [5.74, 6) is -1.23. The Bertz CT molecular complexity index is 505. The highest BCUT2D eigenvalue weighted by molar-refractivity contribution is 6.34. The molecule has 0 bridgehead atoms. The van der Waals surface area contributed by atoms with Crippen molar-refractivity contribution < 1.29 is 14.8 Å². The Hall–Kier alpha value is -1.82. The highest BCUT2D eigenvalue weighted by Crippen LogP contribution is 2.34. The summed E-state index contributed by atoms with van der Waals surface area (Å²) in [6, 6.07) is 2.23. The van der Waals surface area contributed by atoms with Crippen LogP contribution in [0.3, 0.4) is 0 Å². The fraction of sp³-hybridized carbons (Fsp3) is 0.417. The molecule has 6 nitrogen and oxygen atoms in total. The van der Waals surface area contributed by atoms with Gasteiger partial charge in [0.25, 0.3) is 5.69 Å². The summed E-state index contributed by atoms with van der Waals surface area (Å²) < 4.78 is 0. The van der Waals surface area contributed by atoms with Gasteiger partial charge in [0.05, 0.1) is 21.2 Å². The van der Waals surface area contributed by atoms with Gasteiger partial charge in [0, 0.05) is 25.2 Å². The summed E-state index contributed by atoms with van der Waals surface area (Å²) in [6.45, 7) is 5.04. The van der Waals surface area contributed by atoms with Crippen molar-refractivity contribution in [2.24, 2.45) is 0 Å². The van der Waals surface area contributed by atoms with Gasteiger partial charge in [-0.2, -0.15) is 0 Å². The largest absolute Gasteiger partial charge is 0.478 e. The van der Waals surface area contributed by atoms with Gasteiger partial charge >= 0.3 is 5.97 Å². The quantitative estimate of drug-likeness (QED) is 0.641. The molecule has 1 aromatic rings. The highest BCUT2D eigenvalue weighted by Gasteiger charge is 2.23. The third-order valence-corrected chi connectivity index (χ3v) is 2.97. The smallest absolute Gasteiger partial charge is 0.338 e. The van der Waals surface area contributed by atoms with Gasteiger partial charge in [-0.25, -0.2) is 4.79 Å². The zero-order chi connectivity index (χ0) is 14.6. The van der Waals surface area contributed by atoms with Crippen LogP contribution in [0.15, 0.2) is 12.1 Å². The van der Waals surface area contributed by atoms with Crippen molar-refractivity contribution in [3.8, 4) is 0 Å². The maximum atomic E-state index is 11.3. The zero-order valence-corrected chi connectivity index (χ0v) is 11.5. The Morgan fingerprint density at radius 1 is 1.47 bits per heavy atom. The number of anilines is 1. The number of halogens is 1. The molecule has 0 saturated carbocycles. The lowest BCUT2D eigenvalue weighted by molar-refractivity contribution is -0.384. The van der Waals surface area contributed by atoms with E-state index in [2.05, 4.69) is 0 Å². The molecule has 19 heavy (non-hydrogen) atoms. The van der Waals surface area contributed by atoms with E-state index in [0.717, 1.165) is 12.5 Å². The van der Waals surface area contributed by atoms with Crippen LogP contribution < -0.4 is 4.90 Å². The van der Waals surface area contributed by atoms with Crippen molar-refractivity contribution in [1.29, 1.82) is 0 Å². The minimum atomic E-state index is -1.23. The van der Waals surface area contributed by atoms with Gasteiger partial charge in [-0.1, -0.05) is 18.5 Å². The van der Waals surface area contributed by atoms with Crippen LogP contribution in [0.2, 0.25) is 5.02 Å². The molecule has 1 aromatic carbocycles. The normalized spacial score (nSPS) is 10.3. The van der Waals surface area contributed by atoms with Gasteiger partial charge in [0.15, 0.2) is 0 Å². The van der Waals surface area contributed by atoms with E-state index in [0.29, 0.717) is 18.8 Å². The van der Waals surface area contributed by atoms with Crippen LogP contribution in [0.5, 0.6) is 0 Å². The van der Waals surface area contributed by atoms with Crippen molar-refractivity contribution >= 4 is 28.9 Å². The van der Waals surface area contributed by atoms with E-state index >= 15 is 0 Å². The van der Waals surface area contributed by atoms with Gasteiger partial charge in [-0.3, -0.25) is 10.1 Å². The number of hydrogen-bond donors (Lipinski definition) is 1. The molecule has 0 aromatic heterocycles. The SMILES string of the molecule is CCCN(CC)c1c(Cl)cc([N+](=O)[O-])cc1C(=O)O. The number of carboxylic acid groups (broad SMARTS) is 1. The molecule has 0 aliphatic rings. The summed E-state index contributed by atoms with van der Waals surface area (Å²) in [7, 11) is 0. The Morgan fingerprint density at radius 3 is 2.53 bits per heavy atom. The zero-order valence-electron chi connectivity index (χ0n) is 10.7. The maximum absolute atomic E-state index is 11.3. The van der Waals surface area contributed by atoms with Crippen molar-refractivity contribution in [1.82, 2.24) is 0 Å². The van der Waals surface area contributed by atoms with Crippen molar-refractivity contribution in [2.45, 2.75) is 20.3 Å². The predicted molar refractivity (Wildman–Crippen MR) is 73.2 cm³/mol. The molecule has 0 unspecified atom stereocenters. The van der Waals surface area contributed by atoms with E-state index in [-0.39, 0.29) is 16.3 Å². The molecule has 1 rings (SSSR count). The Kier molecular flexibility index (Phi) is 5.11. The van der Waals surface area contributed by atoms with Crippen LogP contribution in [-0.4, -0.2) is 29.1 Å². The first-order chi connectivity index (χ1) is 8.92. The molecule has 0 fully saturated rings. The molecular formula is C12H15ClN2O4. The number of carbonyl (C=O) groups is 1. The number of nitro groups is 1. The van der Waals surface area contributed by atoms with Gasteiger partial charge in [-0.15, -0.1) is 0 Å². The number of rotatable bonds is 6. The van der Waals surface area contributed by atoms with E-state index in [1.165, 1.54) is 6.07 Å². The number of carboxylic acids is 1. The fourth-order valence-corrected chi connectivity index (χ4v) is 2.21. The number of benzene rings is 1. The van der Waals surface area contributed by atoms with E-state index in [1.54, 1.807) is 4.90 Å². The molecule has 0 atom stereocenters. The van der Waals surface area contributed by atoms with Gasteiger partial charge in [0.1, 0.15) is 0 Å². The molecule has 0 amide bonds. The van der Waals surface area contributed by atoms with Crippen LogP contribution >= 0.6 is 11.6 Å². The Labute approximate surface area is 115 Å². The first-order valence-electron chi connectivity index (χ1n) is 5.88. The standard InChI is InChI=1S/C12H15ClN2O4/c1-3-5-14(4-2)11-9(12(16)17)6-8(15(18)19)7-10(11)13/h6-7H,3-5H2,1-2H3,(H,16,17). The van der Waals surface area contributed by atoms with Gasteiger partial charge in [-0.05, 0) is 13.3 Å². The predicted octanol–water partition coefficient (Wildman–Crippen LogP) is 3.18. The number of non-ortho nitro benzene ring substituents is 1. The van der Waals surface area contributed by atoms with E-state index in [1.807, 2.05) is 13.8 Å². The van der Waals surface area contributed by atoms with Crippen LogP contribution in [0.25, 0.3) is 0 Å². The summed E-state index contributed by atoms with van der Waals surface area (Å²) in [5, 5.41) is 20.0. The second-order valence-electron chi connectivity index (χ2n) is 3.97. The van der Waals surface area contributed by atoms with Gasteiger partial charge in [0.2, 0.25) is 0 Å². The molecule has 7 heteroatoms. The molecule has 0 aliphatic carbocycles. The minimum Gasteiger partial charge on any atom is -0.478 e. The number of aromatic carboxylic acids is 1. The molecule has 0 spiro atoms. The minimum absolute atomic E-state index is 0.0851. The highest BCUT2D eigenvalue weighted by atomic mass is 35.5. The summed E-state index contributed by atoms with van der Waals surface area (Å²) in [5.41, 5.74) is -0.127. The summed E-state index contributed by atoms with van der Waals surface area (Å²) >= 11 is 6.02. The van der Waals surface area contributed by atoms with Crippen LogP contribution in [0.1, 0.15) is 30.6 Å². The third-order valence-electron chi connectivity index (χ3n) is 2.68. The number of nitrogens with zero attached hydrogens (tertiary/aromatic N) is 2. The molecular weight excluding hydrogens is 272 g/mol. The van der Waals surface area contributed by atoms with Crippen LogP contribution in [-0.2, 0) is 0 Å². The van der Waals surface area contributed by atoms with Crippen LogP contribution in [0, 0.1) is 10.1 Å². The lowest BCUT2D eigenvalue weighted by atomic mass is 10.1. The molecule has 104 valence electrons. The first-order valence-corrected chi connectivity index (χ1v) is 6.26. The van der Waals surface area contributed by atoms with Crippen LogP contribution in [0.4, 0.5) is 11.4 Å². The van der Waals surface area contributed by atoms with Crippen molar-refractivity contribution in [3.05, 3.63) is 32.8 Å². The molecule has 1 N–H and O–H groups in total. The topological polar surface area (TPSA) is 83.7 Å². The van der Waals surface area contributed by atoms with E-state index < -0.39 is 10.9 Å². The average molecular weight is 287 g/mol. The molecule has 0 saturated heterocycles. The molecule has 0 heterocycles. The third kappa shape index (κ3) is 3.35. The Balaban J connectivity index is 3.44. The van der Waals surface area contributed by atoms with Crippen molar-refractivity contribution in [2.75, 3.05) is 18.0 Å². The summed E-state index contributed by atoms with van der Waals surface area (Å²) in [4.78, 5) is 23.2. The van der Waals surface area contributed by atoms with Gasteiger partial charge < -0.3 is 10.0 Å². The fourth-order valence-electron chi connectivity index (χ4n) is 1.87.